The van der Waals surface area contributed by atoms with Gasteiger partial charge in [0.05, 0.1) is 12.8 Å². The first kappa shape index (κ1) is 15.9. The maximum absolute atomic E-state index is 11.5. The van der Waals surface area contributed by atoms with Gasteiger partial charge >= 0.3 is 5.97 Å². The number of ether oxygens (including phenoxy) is 1. The molecule has 0 saturated heterocycles. The van der Waals surface area contributed by atoms with Gasteiger partial charge < -0.3 is 14.3 Å². The Morgan fingerprint density at radius 3 is 2.47 bits per heavy atom. The Balaban J connectivity index is 4.78. The van der Waals surface area contributed by atoms with Crippen molar-refractivity contribution in [2.45, 2.75) is 33.7 Å². The summed E-state index contributed by atoms with van der Waals surface area (Å²) in [6.07, 6.45) is 2.73. The minimum absolute atomic E-state index is 0.0598. The van der Waals surface area contributed by atoms with Crippen LogP contribution in [0.3, 0.4) is 0 Å². The number of nitrogens with zero attached hydrogens (tertiary/aromatic N) is 1. The first-order chi connectivity index (χ1) is 7.93. The lowest BCUT2D eigenvalue weighted by molar-refractivity contribution is -0.138. The molecular weight excluding hydrogens is 217 g/mol. The number of rotatable bonds is 7. The molecule has 4 nitrogen and oxygen atoms in total. The molecule has 0 heterocycles. The third-order valence-electron chi connectivity index (χ3n) is 2.57. The van der Waals surface area contributed by atoms with Gasteiger partial charge in [-0.15, -0.1) is 0 Å². The summed E-state index contributed by atoms with van der Waals surface area (Å²) in [5, 5.41) is 0. The zero-order chi connectivity index (χ0) is 13.4. The number of likely N-dealkylation sites (N-methyl/N-ethyl adjacent to an activating group) is 1. The molecule has 1 atom stereocenters. The number of hydrogen-bond acceptors (Lipinski definition) is 4. The normalized spacial score (nSPS) is 13.7. The third-order valence-corrected chi connectivity index (χ3v) is 2.57. The van der Waals surface area contributed by atoms with E-state index >= 15 is 0 Å². The fourth-order valence-electron chi connectivity index (χ4n) is 1.64. The van der Waals surface area contributed by atoms with Crippen LogP contribution in [0.15, 0.2) is 11.6 Å². The Morgan fingerprint density at radius 2 is 2.06 bits per heavy atom. The van der Waals surface area contributed by atoms with Crippen molar-refractivity contribution in [1.29, 1.82) is 0 Å². The van der Waals surface area contributed by atoms with Gasteiger partial charge in [-0.1, -0.05) is 19.9 Å². The van der Waals surface area contributed by atoms with E-state index in [4.69, 9.17) is 4.74 Å². The van der Waals surface area contributed by atoms with E-state index in [1.54, 1.807) is 13.8 Å². The Bertz CT molecular complexity index is 289. The van der Waals surface area contributed by atoms with E-state index in [0.717, 1.165) is 6.19 Å². The molecule has 0 rings (SSSR count). The summed E-state index contributed by atoms with van der Waals surface area (Å²) < 4.78 is 4.93. The van der Waals surface area contributed by atoms with E-state index in [1.165, 1.54) is 0 Å². The van der Waals surface area contributed by atoms with Crippen LogP contribution >= 0.6 is 0 Å². The molecule has 17 heavy (non-hydrogen) atoms. The van der Waals surface area contributed by atoms with Gasteiger partial charge in [-0.2, -0.15) is 0 Å². The van der Waals surface area contributed by atoms with E-state index in [-0.39, 0.29) is 12.0 Å². The second-order valence-corrected chi connectivity index (χ2v) is 4.41. The maximum atomic E-state index is 11.5. The molecule has 0 fully saturated rings. The molecule has 0 aliphatic carbocycles. The summed E-state index contributed by atoms with van der Waals surface area (Å²) in [7, 11) is 2.23. The van der Waals surface area contributed by atoms with Crippen molar-refractivity contribution in [1.82, 2.24) is 4.81 Å². The molecule has 0 bridgehead atoms. The highest BCUT2D eigenvalue weighted by molar-refractivity contribution is 6.64. The molecule has 0 radical (unpaired) electrons. The van der Waals surface area contributed by atoms with Crippen LogP contribution in [0.25, 0.3) is 0 Å². The molecule has 96 valence electrons. The lowest BCUT2D eigenvalue weighted by Gasteiger charge is -2.27. The van der Waals surface area contributed by atoms with Crippen molar-refractivity contribution in [3.63, 3.8) is 0 Å². The van der Waals surface area contributed by atoms with Gasteiger partial charge in [0, 0.05) is 11.6 Å². The second-order valence-electron chi connectivity index (χ2n) is 4.41. The summed E-state index contributed by atoms with van der Waals surface area (Å²) in [6.45, 7) is 8.01. The van der Waals surface area contributed by atoms with E-state index in [2.05, 4.69) is 13.8 Å². The Labute approximate surface area is 104 Å². The zero-order valence-corrected chi connectivity index (χ0v) is 11.4. The predicted octanol–water partition coefficient (Wildman–Crippen LogP) is 0.994. The topological polar surface area (TPSA) is 46.6 Å². The van der Waals surface area contributed by atoms with E-state index in [1.807, 2.05) is 17.9 Å². The largest absolute Gasteiger partial charge is 0.463 e. The first-order valence-corrected chi connectivity index (χ1v) is 5.93. The number of esters is 1. The predicted molar refractivity (Wildman–Crippen MR) is 70.7 cm³/mol. The smallest absolute Gasteiger partial charge is 0.333 e. The van der Waals surface area contributed by atoms with Gasteiger partial charge in [0.1, 0.15) is 0 Å². The third kappa shape index (κ3) is 5.68. The molecule has 0 aromatic heterocycles. The first-order valence-electron chi connectivity index (χ1n) is 5.93. The van der Waals surface area contributed by atoms with Gasteiger partial charge in [0.25, 0.3) is 7.41 Å². The van der Waals surface area contributed by atoms with Gasteiger partial charge in [-0.25, -0.2) is 4.79 Å². The van der Waals surface area contributed by atoms with Crippen molar-refractivity contribution in [2.75, 3.05) is 13.7 Å². The number of carbonyl (C=O) groups excluding carboxylic acids is 2. The van der Waals surface area contributed by atoms with Crippen LogP contribution < -0.4 is 0 Å². The zero-order valence-electron chi connectivity index (χ0n) is 11.4. The Kier molecular flexibility index (Phi) is 7.54. The van der Waals surface area contributed by atoms with E-state index < -0.39 is 0 Å². The van der Waals surface area contributed by atoms with Crippen LogP contribution in [0.5, 0.6) is 0 Å². The van der Waals surface area contributed by atoms with Crippen LogP contribution in [-0.2, 0) is 14.3 Å². The summed E-state index contributed by atoms with van der Waals surface area (Å²) in [5.41, 5.74) is 0.586. The van der Waals surface area contributed by atoms with Crippen LogP contribution in [0.1, 0.15) is 27.7 Å². The van der Waals surface area contributed by atoms with Crippen molar-refractivity contribution in [3.05, 3.63) is 11.6 Å². The van der Waals surface area contributed by atoms with Crippen molar-refractivity contribution >= 4 is 19.6 Å². The lowest BCUT2D eigenvalue weighted by atomic mass is 9.88. The van der Waals surface area contributed by atoms with Crippen molar-refractivity contribution in [2.24, 2.45) is 5.92 Å². The highest BCUT2D eigenvalue weighted by atomic mass is 16.5. The lowest BCUT2D eigenvalue weighted by Crippen LogP contribution is -2.38. The fourth-order valence-corrected chi connectivity index (χ4v) is 1.64. The van der Waals surface area contributed by atoms with E-state index in [0.29, 0.717) is 25.5 Å². The number of hydrogen-bond donors (Lipinski definition) is 0. The molecular formula is C12H22BNO3. The van der Waals surface area contributed by atoms with Crippen LogP contribution in [0.4, 0.5) is 0 Å². The fraction of sp³-hybridized carbons (Fsp3) is 0.667. The van der Waals surface area contributed by atoms with Gasteiger partial charge in [-0.3, -0.25) is 0 Å². The van der Waals surface area contributed by atoms with Crippen LogP contribution in [-0.4, -0.2) is 44.1 Å². The van der Waals surface area contributed by atoms with Gasteiger partial charge in [0.2, 0.25) is 0 Å². The molecule has 0 amide bonds. The van der Waals surface area contributed by atoms with Crippen LogP contribution in [0, 0.1) is 5.92 Å². The highest BCUT2D eigenvalue weighted by Gasteiger charge is 2.18. The molecule has 0 saturated carbocycles. The summed E-state index contributed by atoms with van der Waals surface area (Å²) in [6, 6.07) is 0.0598. The Morgan fingerprint density at radius 1 is 1.47 bits per heavy atom. The monoisotopic (exact) mass is 239 g/mol. The summed E-state index contributed by atoms with van der Waals surface area (Å²) in [5.74, 6) is 0.0296. The average molecular weight is 239 g/mol. The summed E-state index contributed by atoms with van der Waals surface area (Å²) in [4.78, 5) is 23.9. The van der Waals surface area contributed by atoms with Gasteiger partial charge in [-0.05, 0) is 26.8 Å². The number of carbonyl (C=O) groups is 2. The molecule has 0 aromatic carbocycles. The minimum Gasteiger partial charge on any atom is -0.463 e. The molecule has 0 aromatic rings. The SMILES string of the molecule is CCOC(=O)/C(C)=C/[C@H](C(C)C)N(C)BC=O. The quantitative estimate of drug-likeness (QED) is 0.288. The van der Waals surface area contributed by atoms with Crippen LogP contribution in [0.2, 0.25) is 0 Å². The molecule has 0 aliphatic rings. The molecule has 0 spiro atoms. The average Bonchev–Trinajstić information content (AvgIpc) is 2.25. The molecule has 0 N–H and O–H groups in total. The minimum atomic E-state index is -0.294. The maximum Gasteiger partial charge on any atom is 0.333 e. The standard InChI is InChI=1S/C12H22BNO3/c1-6-17-12(16)10(4)7-11(9(2)3)14(5)13-8-15/h7-9,11,13H,6H2,1-5H3/b10-7+/t11-/m1/s1. The molecule has 5 heteroatoms. The van der Waals surface area contributed by atoms with Crippen molar-refractivity contribution < 1.29 is 14.3 Å². The molecule has 0 aliphatic heterocycles. The Hall–Kier alpha value is -1.10. The van der Waals surface area contributed by atoms with E-state index in [9.17, 15) is 9.59 Å². The summed E-state index contributed by atoms with van der Waals surface area (Å²) >= 11 is 0. The highest BCUT2D eigenvalue weighted by Crippen LogP contribution is 2.12. The molecule has 0 unspecified atom stereocenters. The van der Waals surface area contributed by atoms with Crippen molar-refractivity contribution in [3.8, 4) is 0 Å². The second kappa shape index (κ2) is 8.06. The van der Waals surface area contributed by atoms with Gasteiger partial charge in [0.15, 0.2) is 0 Å².